The van der Waals surface area contributed by atoms with Crippen molar-refractivity contribution in [2.45, 2.75) is 19.8 Å². The van der Waals surface area contributed by atoms with Gasteiger partial charge in [0, 0.05) is 10.4 Å². The Labute approximate surface area is 87.1 Å². The predicted molar refractivity (Wildman–Crippen MR) is 58.3 cm³/mol. The van der Waals surface area contributed by atoms with Gasteiger partial charge in [0.15, 0.2) is 0 Å². The molecule has 0 unspecified atom stereocenters. The third-order valence-corrected chi connectivity index (χ3v) is 2.81. The SMILES string of the molecule is Cc1cc(CCCBr)ccc1Cl. The predicted octanol–water partition coefficient (Wildman–Crippen LogP) is 3.98. The lowest BCUT2D eigenvalue weighted by Crippen LogP contribution is -1.87. The second-order valence-electron chi connectivity index (χ2n) is 2.88. The lowest BCUT2D eigenvalue weighted by atomic mass is 10.1. The van der Waals surface area contributed by atoms with Gasteiger partial charge in [-0.2, -0.15) is 0 Å². The zero-order valence-electron chi connectivity index (χ0n) is 7.11. The van der Waals surface area contributed by atoms with E-state index < -0.39 is 0 Å². The molecule has 0 aliphatic heterocycles. The average molecular weight is 248 g/mol. The van der Waals surface area contributed by atoms with Crippen molar-refractivity contribution in [2.75, 3.05) is 5.33 Å². The topological polar surface area (TPSA) is 0 Å². The molecule has 66 valence electrons. The Morgan fingerprint density at radius 3 is 2.75 bits per heavy atom. The molecule has 1 aromatic carbocycles. The van der Waals surface area contributed by atoms with E-state index in [0.29, 0.717) is 0 Å². The van der Waals surface area contributed by atoms with Gasteiger partial charge in [0.1, 0.15) is 0 Å². The maximum atomic E-state index is 5.91. The highest BCUT2D eigenvalue weighted by Gasteiger charge is 1.96. The summed E-state index contributed by atoms with van der Waals surface area (Å²) in [5, 5.41) is 1.92. The number of hydrogen-bond donors (Lipinski definition) is 0. The van der Waals surface area contributed by atoms with E-state index in [1.54, 1.807) is 0 Å². The summed E-state index contributed by atoms with van der Waals surface area (Å²) in [6, 6.07) is 6.23. The molecule has 2 heteroatoms. The number of rotatable bonds is 3. The molecule has 0 amide bonds. The van der Waals surface area contributed by atoms with Gasteiger partial charge in [-0.3, -0.25) is 0 Å². The first-order valence-corrected chi connectivity index (χ1v) is 5.55. The molecule has 12 heavy (non-hydrogen) atoms. The highest BCUT2D eigenvalue weighted by Crippen LogP contribution is 2.17. The molecule has 0 saturated heterocycles. The molecule has 0 radical (unpaired) electrons. The van der Waals surface area contributed by atoms with Gasteiger partial charge in [-0.1, -0.05) is 39.7 Å². The van der Waals surface area contributed by atoms with Gasteiger partial charge in [-0.25, -0.2) is 0 Å². The molecule has 0 heterocycles. The monoisotopic (exact) mass is 246 g/mol. The minimum atomic E-state index is 0.859. The summed E-state index contributed by atoms with van der Waals surface area (Å²) in [5.41, 5.74) is 2.54. The van der Waals surface area contributed by atoms with Gasteiger partial charge < -0.3 is 0 Å². The first-order valence-electron chi connectivity index (χ1n) is 4.05. The van der Waals surface area contributed by atoms with Crippen LogP contribution in [0.25, 0.3) is 0 Å². The number of halogens is 2. The molecule has 1 rings (SSSR count). The Balaban J connectivity index is 2.69. The molecule has 0 nitrogen and oxygen atoms in total. The van der Waals surface area contributed by atoms with Crippen LogP contribution >= 0.6 is 27.5 Å². The minimum absolute atomic E-state index is 0.859. The van der Waals surface area contributed by atoms with Crippen LogP contribution in [0.3, 0.4) is 0 Å². The van der Waals surface area contributed by atoms with Gasteiger partial charge in [0.2, 0.25) is 0 Å². The Bertz CT molecular complexity index is 258. The van der Waals surface area contributed by atoms with Crippen LogP contribution < -0.4 is 0 Å². The molecule has 0 aromatic heterocycles. The molecule has 1 aromatic rings. The quantitative estimate of drug-likeness (QED) is 0.709. The maximum Gasteiger partial charge on any atom is 0.0435 e. The fourth-order valence-electron chi connectivity index (χ4n) is 1.13. The third-order valence-electron chi connectivity index (χ3n) is 1.82. The van der Waals surface area contributed by atoms with Gasteiger partial charge in [-0.15, -0.1) is 0 Å². The maximum absolute atomic E-state index is 5.91. The molecular formula is C10H12BrCl. The van der Waals surface area contributed by atoms with E-state index in [2.05, 4.69) is 28.1 Å². The van der Waals surface area contributed by atoms with Gasteiger partial charge in [0.25, 0.3) is 0 Å². The third kappa shape index (κ3) is 2.80. The number of benzene rings is 1. The Kier molecular flexibility index (Phi) is 4.10. The lowest BCUT2D eigenvalue weighted by Gasteiger charge is -2.02. The Morgan fingerprint density at radius 1 is 1.42 bits per heavy atom. The summed E-state index contributed by atoms with van der Waals surface area (Å²) in [6.07, 6.45) is 2.31. The highest BCUT2D eigenvalue weighted by atomic mass is 79.9. The first-order chi connectivity index (χ1) is 5.74. The molecular weight excluding hydrogens is 235 g/mol. The second-order valence-corrected chi connectivity index (χ2v) is 4.08. The van der Waals surface area contributed by atoms with Crippen LogP contribution in [-0.2, 0) is 6.42 Å². The van der Waals surface area contributed by atoms with Gasteiger partial charge >= 0.3 is 0 Å². The molecule has 0 spiro atoms. The Morgan fingerprint density at radius 2 is 2.17 bits per heavy atom. The van der Waals surface area contributed by atoms with Crippen molar-refractivity contribution in [3.8, 4) is 0 Å². The number of alkyl halides is 1. The summed E-state index contributed by atoms with van der Waals surface area (Å²) in [4.78, 5) is 0. The molecule has 0 bridgehead atoms. The van der Waals surface area contributed by atoms with Crippen LogP contribution in [-0.4, -0.2) is 5.33 Å². The van der Waals surface area contributed by atoms with E-state index in [4.69, 9.17) is 11.6 Å². The number of hydrogen-bond acceptors (Lipinski definition) is 0. The highest BCUT2D eigenvalue weighted by molar-refractivity contribution is 9.09. The van der Waals surface area contributed by atoms with Gasteiger partial charge in [0.05, 0.1) is 0 Å². The molecule has 0 atom stereocenters. The van der Waals surface area contributed by atoms with Crippen LogP contribution in [0.5, 0.6) is 0 Å². The summed E-state index contributed by atoms with van der Waals surface area (Å²) in [7, 11) is 0. The zero-order valence-corrected chi connectivity index (χ0v) is 9.45. The normalized spacial score (nSPS) is 10.2. The fraction of sp³-hybridized carbons (Fsp3) is 0.400. The van der Waals surface area contributed by atoms with E-state index in [0.717, 1.165) is 16.8 Å². The largest absolute Gasteiger partial charge is 0.0928 e. The van der Waals surface area contributed by atoms with Gasteiger partial charge in [-0.05, 0) is 37.0 Å². The van der Waals surface area contributed by atoms with Crippen LogP contribution in [0.1, 0.15) is 17.5 Å². The first kappa shape index (κ1) is 10.1. The van der Waals surface area contributed by atoms with Crippen molar-refractivity contribution in [1.29, 1.82) is 0 Å². The van der Waals surface area contributed by atoms with Crippen LogP contribution in [0.2, 0.25) is 5.02 Å². The van der Waals surface area contributed by atoms with Crippen LogP contribution in [0, 0.1) is 6.92 Å². The van der Waals surface area contributed by atoms with Crippen molar-refractivity contribution in [2.24, 2.45) is 0 Å². The van der Waals surface area contributed by atoms with E-state index >= 15 is 0 Å². The van der Waals surface area contributed by atoms with Crippen LogP contribution in [0.15, 0.2) is 18.2 Å². The van der Waals surface area contributed by atoms with E-state index in [1.807, 2.05) is 13.0 Å². The summed E-state index contributed by atoms with van der Waals surface area (Å²) < 4.78 is 0. The second kappa shape index (κ2) is 4.88. The molecule has 0 fully saturated rings. The fourth-order valence-corrected chi connectivity index (χ4v) is 1.53. The van der Waals surface area contributed by atoms with E-state index in [-0.39, 0.29) is 0 Å². The molecule has 0 aliphatic rings. The summed E-state index contributed by atoms with van der Waals surface area (Å²) in [5.74, 6) is 0. The number of aryl methyl sites for hydroxylation is 2. The molecule has 0 N–H and O–H groups in total. The van der Waals surface area contributed by atoms with Crippen LogP contribution in [0.4, 0.5) is 0 Å². The average Bonchev–Trinajstić information content (AvgIpc) is 2.07. The van der Waals surface area contributed by atoms with Crippen molar-refractivity contribution < 1.29 is 0 Å². The van der Waals surface area contributed by atoms with Crippen molar-refractivity contribution in [1.82, 2.24) is 0 Å². The van der Waals surface area contributed by atoms with E-state index in [9.17, 15) is 0 Å². The lowest BCUT2D eigenvalue weighted by molar-refractivity contribution is 0.938. The van der Waals surface area contributed by atoms with Crippen molar-refractivity contribution in [3.05, 3.63) is 34.3 Å². The standard InChI is InChI=1S/C10H12BrCl/c1-8-7-9(3-2-6-11)4-5-10(8)12/h4-5,7H,2-3,6H2,1H3. The molecule has 0 aliphatic carbocycles. The zero-order chi connectivity index (χ0) is 8.97. The van der Waals surface area contributed by atoms with Crippen molar-refractivity contribution >= 4 is 27.5 Å². The van der Waals surface area contributed by atoms with E-state index in [1.165, 1.54) is 17.5 Å². The summed E-state index contributed by atoms with van der Waals surface area (Å²) >= 11 is 9.32. The smallest absolute Gasteiger partial charge is 0.0435 e. The molecule has 0 saturated carbocycles. The Hall–Kier alpha value is -0.0100. The summed E-state index contributed by atoms with van der Waals surface area (Å²) in [6.45, 7) is 2.04. The van der Waals surface area contributed by atoms with Crippen molar-refractivity contribution in [3.63, 3.8) is 0 Å². The minimum Gasteiger partial charge on any atom is -0.0928 e.